The van der Waals surface area contributed by atoms with Crippen molar-refractivity contribution in [2.75, 3.05) is 39.9 Å². The Bertz CT molecular complexity index is 800. The summed E-state index contributed by atoms with van der Waals surface area (Å²) in [5.74, 6) is -0.655. The highest BCUT2D eigenvalue weighted by molar-refractivity contribution is 7.08. The lowest BCUT2D eigenvalue weighted by atomic mass is 9.94. The number of esters is 2. The van der Waals surface area contributed by atoms with Crippen molar-refractivity contribution in [1.29, 1.82) is 0 Å². The Kier molecular flexibility index (Phi) is 7.49. The molecule has 0 radical (unpaired) electrons. The SMILES string of the molecule is CCOC(=O)C1=C(CN2CCC(C(=O)OCC)CC2)N(C)C(=O)N[C@H]1c1ccsc1. The molecule has 2 aliphatic rings. The molecule has 0 aliphatic carbocycles. The number of hydrogen-bond donors (Lipinski definition) is 1. The Hall–Kier alpha value is -2.39. The Balaban J connectivity index is 1.84. The first-order chi connectivity index (χ1) is 14.5. The van der Waals surface area contributed by atoms with Crippen LogP contribution < -0.4 is 5.32 Å². The Morgan fingerprint density at radius 1 is 1.20 bits per heavy atom. The van der Waals surface area contributed by atoms with Crippen molar-refractivity contribution in [2.24, 2.45) is 5.92 Å². The number of piperidine rings is 1. The predicted molar refractivity (Wildman–Crippen MR) is 113 cm³/mol. The first-order valence-corrected chi connectivity index (χ1v) is 11.3. The molecule has 0 bridgehead atoms. The monoisotopic (exact) mass is 435 g/mol. The zero-order valence-corrected chi connectivity index (χ0v) is 18.5. The molecule has 30 heavy (non-hydrogen) atoms. The fraction of sp³-hybridized carbons (Fsp3) is 0.571. The molecule has 2 amide bonds. The first kappa shape index (κ1) is 22.3. The van der Waals surface area contributed by atoms with Gasteiger partial charge < -0.3 is 14.8 Å². The number of amides is 2. The summed E-state index contributed by atoms with van der Waals surface area (Å²) >= 11 is 1.51. The maximum Gasteiger partial charge on any atom is 0.338 e. The first-order valence-electron chi connectivity index (χ1n) is 10.3. The molecule has 0 saturated carbocycles. The number of rotatable bonds is 7. The number of likely N-dealkylation sites (tertiary alicyclic amines) is 1. The topological polar surface area (TPSA) is 88.2 Å². The molecule has 1 saturated heterocycles. The van der Waals surface area contributed by atoms with Gasteiger partial charge >= 0.3 is 18.0 Å². The van der Waals surface area contributed by atoms with Crippen LogP contribution in [0.3, 0.4) is 0 Å². The van der Waals surface area contributed by atoms with Gasteiger partial charge in [-0.15, -0.1) is 0 Å². The molecular weight excluding hydrogens is 406 g/mol. The summed E-state index contributed by atoms with van der Waals surface area (Å²) in [4.78, 5) is 41.2. The number of carbonyl (C=O) groups excluding carboxylic acids is 3. The molecule has 1 fully saturated rings. The summed E-state index contributed by atoms with van der Waals surface area (Å²) in [6.45, 7) is 6.05. The normalized spacial score (nSPS) is 20.8. The molecule has 1 atom stereocenters. The van der Waals surface area contributed by atoms with Crippen LogP contribution in [0, 0.1) is 5.92 Å². The average Bonchev–Trinajstić information content (AvgIpc) is 3.27. The zero-order chi connectivity index (χ0) is 21.7. The minimum Gasteiger partial charge on any atom is -0.466 e. The van der Waals surface area contributed by atoms with E-state index in [1.165, 1.54) is 16.2 Å². The molecule has 1 N–H and O–H groups in total. The van der Waals surface area contributed by atoms with E-state index < -0.39 is 12.0 Å². The molecule has 164 valence electrons. The van der Waals surface area contributed by atoms with Crippen LogP contribution in [0.25, 0.3) is 0 Å². The van der Waals surface area contributed by atoms with Crippen LogP contribution >= 0.6 is 11.3 Å². The highest BCUT2D eigenvalue weighted by Gasteiger charge is 2.38. The van der Waals surface area contributed by atoms with E-state index in [1.54, 1.807) is 14.0 Å². The molecule has 0 aromatic carbocycles. The van der Waals surface area contributed by atoms with Crippen LogP contribution in [-0.4, -0.2) is 67.7 Å². The maximum absolute atomic E-state index is 12.9. The van der Waals surface area contributed by atoms with Gasteiger partial charge in [-0.25, -0.2) is 9.59 Å². The van der Waals surface area contributed by atoms with Gasteiger partial charge in [0.1, 0.15) is 0 Å². The van der Waals surface area contributed by atoms with Gasteiger partial charge in [0.2, 0.25) is 0 Å². The van der Waals surface area contributed by atoms with E-state index in [2.05, 4.69) is 10.2 Å². The van der Waals surface area contributed by atoms with Gasteiger partial charge in [-0.2, -0.15) is 11.3 Å². The van der Waals surface area contributed by atoms with Crippen LogP contribution in [0.1, 0.15) is 38.3 Å². The molecule has 0 spiro atoms. The largest absolute Gasteiger partial charge is 0.466 e. The molecular formula is C21H29N3O5S. The fourth-order valence-corrected chi connectivity index (χ4v) is 4.57. The fourth-order valence-electron chi connectivity index (χ4n) is 3.89. The van der Waals surface area contributed by atoms with Crippen LogP contribution in [0.15, 0.2) is 28.1 Å². The van der Waals surface area contributed by atoms with E-state index >= 15 is 0 Å². The predicted octanol–water partition coefficient (Wildman–Crippen LogP) is 2.54. The molecule has 8 nitrogen and oxygen atoms in total. The lowest BCUT2D eigenvalue weighted by Crippen LogP contribution is -2.50. The van der Waals surface area contributed by atoms with Crippen molar-refractivity contribution in [2.45, 2.75) is 32.7 Å². The van der Waals surface area contributed by atoms with E-state index in [9.17, 15) is 14.4 Å². The van der Waals surface area contributed by atoms with Gasteiger partial charge in [0, 0.05) is 19.3 Å². The zero-order valence-electron chi connectivity index (χ0n) is 17.7. The third-order valence-corrected chi connectivity index (χ3v) is 6.23. The summed E-state index contributed by atoms with van der Waals surface area (Å²) < 4.78 is 10.5. The molecule has 1 aromatic rings. The second kappa shape index (κ2) is 10.1. The van der Waals surface area contributed by atoms with Crippen molar-refractivity contribution < 1.29 is 23.9 Å². The molecule has 1 aromatic heterocycles. The van der Waals surface area contributed by atoms with Crippen molar-refractivity contribution in [1.82, 2.24) is 15.1 Å². The highest BCUT2D eigenvalue weighted by Crippen LogP contribution is 2.33. The maximum atomic E-state index is 12.9. The molecule has 2 aliphatic heterocycles. The van der Waals surface area contributed by atoms with E-state index in [4.69, 9.17) is 9.47 Å². The highest BCUT2D eigenvalue weighted by atomic mass is 32.1. The Labute approximate surface area is 180 Å². The third-order valence-electron chi connectivity index (χ3n) is 5.53. The van der Waals surface area contributed by atoms with Crippen molar-refractivity contribution >= 4 is 29.3 Å². The second-order valence-electron chi connectivity index (χ2n) is 7.38. The van der Waals surface area contributed by atoms with Gasteiger partial charge in [0.15, 0.2) is 0 Å². The van der Waals surface area contributed by atoms with Crippen molar-refractivity contribution in [3.05, 3.63) is 33.7 Å². The van der Waals surface area contributed by atoms with Crippen LogP contribution in [0.4, 0.5) is 4.79 Å². The quantitative estimate of drug-likeness (QED) is 0.662. The number of hydrogen-bond acceptors (Lipinski definition) is 7. The molecule has 3 heterocycles. The summed E-state index contributed by atoms with van der Waals surface area (Å²) in [7, 11) is 1.67. The van der Waals surface area contributed by atoms with E-state index in [-0.39, 0.29) is 24.5 Å². The number of likely N-dealkylation sites (N-methyl/N-ethyl adjacent to an activating group) is 1. The van der Waals surface area contributed by atoms with Crippen molar-refractivity contribution in [3.63, 3.8) is 0 Å². The van der Waals surface area contributed by atoms with Gasteiger partial charge in [-0.05, 0) is 62.2 Å². The van der Waals surface area contributed by atoms with E-state index in [1.807, 2.05) is 23.8 Å². The van der Waals surface area contributed by atoms with Crippen molar-refractivity contribution in [3.8, 4) is 0 Å². The number of thiophene rings is 1. The van der Waals surface area contributed by atoms with E-state index in [0.717, 1.165) is 5.56 Å². The standard InChI is InChI=1S/C21H29N3O5S/c1-4-28-19(25)14-6-9-24(10-7-14)12-16-17(20(26)29-5-2)18(15-8-11-30-13-15)22-21(27)23(16)3/h8,11,13-14,18H,4-7,9-10,12H2,1-3H3,(H,22,27)/t18-/m0/s1. The molecule has 3 rings (SSSR count). The van der Waals surface area contributed by atoms with E-state index in [0.29, 0.717) is 50.4 Å². The van der Waals surface area contributed by atoms with Crippen LogP contribution in [0.5, 0.6) is 0 Å². The Morgan fingerprint density at radius 3 is 2.50 bits per heavy atom. The summed E-state index contributed by atoms with van der Waals surface area (Å²) in [6, 6.07) is 1.12. The lowest BCUT2D eigenvalue weighted by molar-refractivity contribution is -0.149. The lowest BCUT2D eigenvalue weighted by Gasteiger charge is -2.38. The number of urea groups is 1. The Morgan fingerprint density at radius 2 is 1.90 bits per heavy atom. The summed E-state index contributed by atoms with van der Waals surface area (Å²) in [6.07, 6.45) is 1.40. The van der Waals surface area contributed by atoms with Gasteiger partial charge in [-0.1, -0.05) is 0 Å². The van der Waals surface area contributed by atoms with Gasteiger partial charge in [-0.3, -0.25) is 14.6 Å². The minimum atomic E-state index is -0.536. The minimum absolute atomic E-state index is 0.0920. The summed E-state index contributed by atoms with van der Waals surface area (Å²) in [5, 5.41) is 6.76. The third kappa shape index (κ3) is 4.84. The number of carbonyl (C=O) groups is 3. The van der Waals surface area contributed by atoms with Crippen LogP contribution in [0.2, 0.25) is 0 Å². The number of ether oxygens (including phenoxy) is 2. The summed E-state index contributed by atoms with van der Waals surface area (Å²) in [5.41, 5.74) is 1.97. The van der Waals surface area contributed by atoms with Crippen LogP contribution in [-0.2, 0) is 19.1 Å². The average molecular weight is 436 g/mol. The molecule has 9 heteroatoms. The molecule has 0 unspecified atom stereocenters. The number of nitrogens with zero attached hydrogens (tertiary/aromatic N) is 2. The van der Waals surface area contributed by atoms with Gasteiger partial charge in [0.05, 0.1) is 30.7 Å². The number of nitrogens with one attached hydrogen (secondary N) is 1. The second-order valence-corrected chi connectivity index (χ2v) is 8.16. The smallest absolute Gasteiger partial charge is 0.338 e. The van der Waals surface area contributed by atoms with Gasteiger partial charge in [0.25, 0.3) is 0 Å².